The molecule has 0 aromatic carbocycles. The van der Waals surface area contributed by atoms with Crippen molar-refractivity contribution >= 4 is 17.1 Å². The Morgan fingerprint density at radius 1 is 1.14 bits per heavy atom. The molecule has 0 unspecified atom stereocenters. The summed E-state index contributed by atoms with van der Waals surface area (Å²) in [6, 6.07) is 3.40. The van der Waals surface area contributed by atoms with Gasteiger partial charge in [-0.15, -0.1) is 11.3 Å². The first kappa shape index (κ1) is 26.1. The van der Waals surface area contributed by atoms with Crippen LogP contribution in [0.5, 0.6) is 5.88 Å². The van der Waals surface area contributed by atoms with Crippen LogP contribution in [0.25, 0.3) is 0 Å². The average Bonchev–Trinajstić information content (AvgIpc) is 3.10. The van der Waals surface area contributed by atoms with Crippen molar-refractivity contribution in [3.8, 4) is 5.88 Å². The molecule has 5 nitrogen and oxygen atoms in total. The number of ether oxygens (including phenoxy) is 1. The molecule has 0 amide bonds. The normalized spacial score (nSPS) is 21.4. The Morgan fingerprint density at radius 2 is 1.89 bits per heavy atom. The second kappa shape index (κ2) is 11.8. The third-order valence-electron chi connectivity index (χ3n) is 7.17. The summed E-state index contributed by atoms with van der Waals surface area (Å²) in [5.74, 6) is 1.60. The van der Waals surface area contributed by atoms with Gasteiger partial charge in [-0.3, -0.25) is 4.79 Å². The zero-order valence-corrected chi connectivity index (χ0v) is 21.1. The van der Waals surface area contributed by atoms with Crippen molar-refractivity contribution in [1.29, 1.82) is 0 Å². The van der Waals surface area contributed by atoms with Crippen LogP contribution in [0.3, 0.4) is 0 Å². The quantitative estimate of drug-likeness (QED) is 0.441. The maximum Gasteiger partial charge on any atom is 0.422 e. The van der Waals surface area contributed by atoms with Crippen molar-refractivity contribution in [2.75, 3.05) is 26.2 Å². The summed E-state index contributed by atoms with van der Waals surface area (Å²) in [6.45, 7) is 3.49. The molecular weight excluding hydrogens is 475 g/mol. The fourth-order valence-corrected chi connectivity index (χ4v) is 6.06. The number of hydrogen-bond acceptors (Lipinski definition) is 6. The van der Waals surface area contributed by atoms with Crippen LogP contribution in [0, 0.1) is 18.8 Å². The molecule has 192 valence electrons. The Kier molecular flexibility index (Phi) is 8.81. The highest BCUT2D eigenvalue weighted by atomic mass is 32.1. The lowest BCUT2D eigenvalue weighted by Gasteiger charge is -2.30. The van der Waals surface area contributed by atoms with E-state index in [0.29, 0.717) is 30.5 Å². The number of carbonyl (C=O) groups excluding carboxylic acids is 1. The minimum Gasteiger partial charge on any atom is -0.468 e. The number of Topliss-reactive ketones (excluding diaryl/α,β-unsaturated/α-hetero) is 1. The van der Waals surface area contributed by atoms with Crippen LogP contribution in [0.2, 0.25) is 0 Å². The van der Waals surface area contributed by atoms with E-state index in [1.807, 2.05) is 19.2 Å². The van der Waals surface area contributed by atoms with Crippen LogP contribution < -0.4 is 4.74 Å². The molecule has 0 N–H and O–H groups in total. The molecule has 0 spiro atoms. The molecule has 4 rings (SSSR count). The predicted octanol–water partition coefficient (Wildman–Crippen LogP) is 5.59. The van der Waals surface area contributed by atoms with Crippen molar-refractivity contribution < 1.29 is 22.7 Å². The molecule has 0 bridgehead atoms. The SMILES string of the molecule is Cc1ncc(CC(=O)CC2CCC(CCN3CCc4ccc(OCC(F)(F)F)nc4CC3)CC2)s1. The molecule has 1 fully saturated rings. The lowest BCUT2D eigenvalue weighted by Crippen LogP contribution is -2.29. The predicted molar refractivity (Wildman–Crippen MR) is 130 cm³/mol. The molecular formula is C26H34F3N3O2S. The van der Waals surface area contributed by atoms with Crippen LogP contribution in [-0.2, 0) is 24.1 Å². The summed E-state index contributed by atoms with van der Waals surface area (Å²) in [5, 5.41) is 1.01. The number of aryl methyl sites for hydroxylation is 1. The Bertz CT molecular complexity index is 986. The second-order valence-electron chi connectivity index (χ2n) is 9.94. The first-order valence-corrected chi connectivity index (χ1v) is 13.4. The van der Waals surface area contributed by atoms with E-state index in [1.54, 1.807) is 17.4 Å². The van der Waals surface area contributed by atoms with Gasteiger partial charge in [-0.1, -0.05) is 18.9 Å². The van der Waals surface area contributed by atoms with Crippen molar-refractivity contribution in [1.82, 2.24) is 14.9 Å². The topological polar surface area (TPSA) is 55.3 Å². The molecule has 35 heavy (non-hydrogen) atoms. The van der Waals surface area contributed by atoms with Crippen molar-refractivity contribution in [2.45, 2.75) is 70.9 Å². The van der Waals surface area contributed by atoms with E-state index in [-0.39, 0.29) is 5.88 Å². The molecule has 2 aromatic heterocycles. The zero-order chi connectivity index (χ0) is 24.8. The fourth-order valence-electron chi connectivity index (χ4n) is 5.23. The number of alkyl halides is 3. The Balaban J connectivity index is 1.16. The molecule has 3 heterocycles. The zero-order valence-electron chi connectivity index (χ0n) is 20.3. The van der Waals surface area contributed by atoms with Gasteiger partial charge in [0.2, 0.25) is 5.88 Å². The van der Waals surface area contributed by atoms with Gasteiger partial charge < -0.3 is 9.64 Å². The molecule has 1 aliphatic heterocycles. The largest absolute Gasteiger partial charge is 0.468 e. The van der Waals surface area contributed by atoms with Crippen LogP contribution >= 0.6 is 11.3 Å². The van der Waals surface area contributed by atoms with Crippen LogP contribution in [-0.4, -0.2) is 53.1 Å². The van der Waals surface area contributed by atoms with Crippen LogP contribution in [0.1, 0.15) is 59.7 Å². The van der Waals surface area contributed by atoms with Crippen molar-refractivity contribution in [3.63, 3.8) is 0 Å². The molecule has 0 saturated heterocycles. The van der Waals surface area contributed by atoms with Crippen LogP contribution in [0.4, 0.5) is 13.2 Å². The minimum atomic E-state index is -4.36. The summed E-state index contributed by atoms with van der Waals surface area (Å²) in [6.07, 6.45) is 6.06. The van der Waals surface area contributed by atoms with Gasteiger partial charge in [0.25, 0.3) is 0 Å². The Labute approximate surface area is 209 Å². The number of halogens is 3. The Hall–Kier alpha value is -2.00. The van der Waals surface area contributed by atoms with Crippen molar-refractivity contribution in [2.24, 2.45) is 11.8 Å². The van der Waals surface area contributed by atoms with Gasteiger partial charge in [-0.05, 0) is 56.6 Å². The molecule has 9 heteroatoms. The van der Waals surface area contributed by atoms with E-state index in [0.717, 1.165) is 72.9 Å². The lowest BCUT2D eigenvalue weighted by molar-refractivity contribution is -0.154. The van der Waals surface area contributed by atoms with E-state index in [2.05, 4.69) is 14.9 Å². The number of aromatic nitrogens is 2. The highest BCUT2D eigenvalue weighted by Gasteiger charge is 2.29. The van der Waals surface area contributed by atoms with Gasteiger partial charge in [0.05, 0.1) is 5.01 Å². The van der Waals surface area contributed by atoms with Gasteiger partial charge in [0.1, 0.15) is 5.78 Å². The first-order chi connectivity index (χ1) is 16.7. The highest BCUT2D eigenvalue weighted by molar-refractivity contribution is 7.11. The second-order valence-corrected chi connectivity index (χ2v) is 11.3. The van der Waals surface area contributed by atoms with E-state index in [9.17, 15) is 18.0 Å². The Morgan fingerprint density at radius 3 is 2.60 bits per heavy atom. The highest BCUT2D eigenvalue weighted by Crippen LogP contribution is 2.33. The molecule has 1 saturated carbocycles. The number of rotatable bonds is 9. The number of carbonyl (C=O) groups is 1. The van der Waals surface area contributed by atoms with Crippen LogP contribution in [0.15, 0.2) is 18.3 Å². The third kappa shape index (κ3) is 8.27. The molecule has 2 aromatic rings. The van der Waals surface area contributed by atoms with Gasteiger partial charge in [-0.25, -0.2) is 9.97 Å². The number of pyridine rings is 1. The number of hydrogen-bond donors (Lipinski definition) is 0. The van der Waals surface area contributed by atoms with Gasteiger partial charge in [0.15, 0.2) is 6.61 Å². The monoisotopic (exact) mass is 509 g/mol. The van der Waals surface area contributed by atoms with E-state index < -0.39 is 12.8 Å². The number of thiazole rings is 1. The first-order valence-electron chi connectivity index (χ1n) is 12.6. The van der Waals surface area contributed by atoms with Gasteiger partial charge >= 0.3 is 6.18 Å². The standard InChI is InChI=1S/C26H34F3N3O2S/c1-18-30-16-23(35-18)15-22(33)14-20-4-2-19(3-5-20)8-11-32-12-9-21-6-7-25(31-24(21)10-13-32)34-17-26(27,28)29/h6-7,16,19-20H,2-5,8-15,17H2,1H3. The fraction of sp³-hybridized carbons (Fsp3) is 0.654. The number of fused-ring (bicyclic) bond motifs is 1. The van der Waals surface area contributed by atoms with Crippen molar-refractivity contribution in [3.05, 3.63) is 39.5 Å². The smallest absolute Gasteiger partial charge is 0.422 e. The van der Waals surface area contributed by atoms with Gasteiger partial charge in [-0.2, -0.15) is 13.2 Å². The van der Waals surface area contributed by atoms with E-state index >= 15 is 0 Å². The summed E-state index contributed by atoms with van der Waals surface area (Å²) >= 11 is 1.61. The van der Waals surface area contributed by atoms with E-state index in [1.165, 1.54) is 12.8 Å². The number of nitrogens with zero attached hydrogens (tertiary/aromatic N) is 3. The maximum atomic E-state index is 12.4. The summed E-state index contributed by atoms with van der Waals surface area (Å²) in [4.78, 5) is 24.5. The average molecular weight is 510 g/mol. The molecule has 0 atom stereocenters. The number of ketones is 1. The van der Waals surface area contributed by atoms with E-state index in [4.69, 9.17) is 4.74 Å². The summed E-state index contributed by atoms with van der Waals surface area (Å²) in [5.41, 5.74) is 1.95. The minimum absolute atomic E-state index is 0.0481. The maximum absolute atomic E-state index is 12.4. The molecule has 0 radical (unpaired) electrons. The summed E-state index contributed by atoms with van der Waals surface area (Å²) < 4.78 is 42.1. The lowest BCUT2D eigenvalue weighted by atomic mass is 9.78. The molecule has 1 aliphatic carbocycles. The van der Waals surface area contributed by atoms with Gasteiger partial charge in [0, 0.05) is 55.2 Å². The third-order valence-corrected chi connectivity index (χ3v) is 8.08. The summed E-state index contributed by atoms with van der Waals surface area (Å²) in [7, 11) is 0. The molecule has 2 aliphatic rings.